The predicted octanol–water partition coefficient (Wildman–Crippen LogP) is 2.10. The Morgan fingerprint density at radius 3 is 2.64 bits per heavy atom. The smallest absolute Gasteiger partial charge is 0.335 e. The number of piperazine rings is 1. The summed E-state index contributed by atoms with van der Waals surface area (Å²) in [7, 11) is -4.78. The third-order valence-corrected chi connectivity index (χ3v) is 5.74. The number of amides is 1. The number of nitrogens with zero attached hydrogens (tertiary/aromatic N) is 4. The van der Waals surface area contributed by atoms with Crippen molar-refractivity contribution in [1.82, 2.24) is 19.4 Å². The molecule has 1 fully saturated rings. The number of hydrogen-bond acceptors (Lipinski definition) is 5. The number of benzene rings is 1. The van der Waals surface area contributed by atoms with E-state index in [0.29, 0.717) is 15.6 Å². The van der Waals surface area contributed by atoms with E-state index in [9.17, 15) is 22.4 Å². The first-order chi connectivity index (χ1) is 13.3. The lowest BCUT2D eigenvalue weighted by atomic mass is 10.1. The van der Waals surface area contributed by atoms with Crippen molar-refractivity contribution >= 4 is 38.3 Å². The quantitative estimate of drug-likeness (QED) is 0.420. The van der Waals surface area contributed by atoms with E-state index in [1.54, 1.807) is 0 Å². The van der Waals surface area contributed by atoms with Gasteiger partial charge in [-0.15, -0.1) is 0 Å². The summed E-state index contributed by atoms with van der Waals surface area (Å²) in [5.74, 6) is -0.542. The summed E-state index contributed by atoms with van der Waals surface area (Å²) in [6, 6.07) is 9.34. The van der Waals surface area contributed by atoms with E-state index in [-0.39, 0.29) is 31.8 Å². The SMILES string of the molecule is N#C/C(=C\c1cn[nH]c1-c1cccc(Br)c1)C(=O)N1CCN(S(=O)(=O)F)CC1. The van der Waals surface area contributed by atoms with Crippen molar-refractivity contribution in [2.45, 2.75) is 0 Å². The summed E-state index contributed by atoms with van der Waals surface area (Å²) in [5, 5.41) is 16.3. The Balaban J connectivity index is 1.81. The molecule has 0 aliphatic carbocycles. The lowest BCUT2D eigenvalue weighted by Crippen LogP contribution is -2.49. The van der Waals surface area contributed by atoms with Gasteiger partial charge >= 0.3 is 10.4 Å². The van der Waals surface area contributed by atoms with E-state index < -0.39 is 16.3 Å². The third kappa shape index (κ3) is 4.46. The molecular formula is C17H15BrFN5O3S. The molecule has 0 spiro atoms. The first-order valence-corrected chi connectivity index (χ1v) is 10.3. The molecule has 0 unspecified atom stereocenters. The second-order valence-corrected chi connectivity index (χ2v) is 8.27. The number of aromatic amines is 1. The van der Waals surface area contributed by atoms with Gasteiger partial charge in [0.25, 0.3) is 5.91 Å². The van der Waals surface area contributed by atoms with Crippen LogP contribution in [0, 0.1) is 11.3 Å². The summed E-state index contributed by atoms with van der Waals surface area (Å²) < 4.78 is 36.4. The zero-order valence-electron chi connectivity index (χ0n) is 14.5. The normalized spacial score (nSPS) is 16.0. The van der Waals surface area contributed by atoms with E-state index >= 15 is 0 Å². The average Bonchev–Trinajstić information content (AvgIpc) is 3.13. The van der Waals surface area contributed by atoms with Gasteiger partial charge in [0.2, 0.25) is 0 Å². The Morgan fingerprint density at radius 2 is 2.04 bits per heavy atom. The predicted molar refractivity (Wildman–Crippen MR) is 103 cm³/mol. The molecule has 0 atom stereocenters. The standard InChI is InChI=1S/C17H15BrFN5O3S/c18-15-3-1-2-12(9-15)16-14(11-21-22-16)8-13(10-20)17(25)23-4-6-24(7-5-23)28(19,26)27/h1-3,8-9,11H,4-7H2,(H,21,22)/b13-8+. The molecule has 0 radical (unpaired) electrons. The van der Waals surface area contributed by atoms with Crippen LogP contribution in [-0.4, -0.2) is 59.9 Å². The van der Waals surface area contributed by atoms with Crippen molar-refractivity contribution in [3.8, 4) is 17.3 Å². The molecule has 1 aliphatic heterocycles. The third-order valence-electron chi connectivity index (χ3n) is 4.27. The minimum atomic E-state index is -4.78. The van der Waals surface area contributed by atoms with E-state index in [1.807, 2.05) is 30.3 Å². The molecule has 0 saturated carbocycles. The molecule has 1 aliphatic rings. The van der Waals surface area contributed by atoms with Crippen molar-refractivity contribution in [1.29, 1.82) is 5.26 Å². The number of aromatic nitrogens is 2. The van der Waals surface area contributed by atoms with Gasteiger partial charge < -0.3 is 4.90 Å². The number of carbonyl (C=O) groups is 1. The zero-order chi connectivity index (χ0) is 20.3. The van der Waals surface area contributed by atoms with Gasteiger partial charge in [-0.25, -0.2) is 0 Å². The van der Waals surface area contributed by atoms with Crippen molar-refractivity contribution in [3.05, 3.63) is 46.1 Å². The van der Waals surface area contributed by atoms with Crippen LogP contribution in [0.5, 0.6) is 0 Å². The van der Waals surface area contributed by atoms with Gasteiger partial charge in [-0.1, -0.05) is 31.9 Å². The lowest BCUT2D eigenvalue weighted by molar-refractivity contribution is -0.127. The van der Waals surface area contributed by atoms with Gasteiger partial charge in [0.1, 0.15) is 11.6 Å². The number of nitrogens with one attached hydrogen (secondary N) is 1. The minimum absolute atomic E-state index is 0.00484. The molecule has 3 rings (SSSR count). The van der Waals surface area contributed by atoms with Gasteiger partial charge in [0, 0.05) is 41.8 Å². The molecule has 1 aromatic heterocycles. The number of H-pyrrole nitrogens is 1. The van der Waals surface area contributed by atoms with Crippen molar-refractivity contribution in [3.63, 3.8) is 0 Å². The molecule has 1 aromatic carbocycles. The highest BCUT2D eigenvalue weighted by Crippen LogP contribution is 2.26. The first-order valence-electron chi connectivity index (χ1n) is 8.19. The number of hydrogen-bond donors (Lipinski definition) is 1. The second kappa shape index (κ2) is 8.22. The Hall–Kier alpha value is -2.55. The average molecular weight is 468 g/mol. The Morgan fingerprint density at radius 1 is 1.32 bits per heavy atom. The maximum Gasteiger partial charge on any atom is 0.374 e. The van der Waals surface area contributed by atoms with E-state index in [4.69, 9.17) is 0 Å². The van der Waals surface area contributed by atoms with Crippen molar-refractivity contribution in [2.75, 3.05) is 26.2 Å². The van der Waals surface area contributed by atoms with Crippen LogP contribution in [0.15, 0.2) is 40.5 Å². The van der Waals surface area contributed by atoms with Gasteiger partial charge in [-0.3, -0.25) is 9.89 Å². The molecule has 2 aromatic rings. The zero-order valence-corrected chi connectivity index (χ0v) is 16.9. The number of carbonyl (C=O) groups excluding carboxylic acids is 1. The summed E-state index contributed by atoms with van der Waals surface area (Å²) in [5.41, 5.74) is 1.92. The van der Waals surface area contributed by atoms with Crippen LogP contribution in [0.25, 0.3) is 17.3 Å². The van der Waals surface area contributed by atoms with Crippen molar-refractivity contribution in [2.24, 2.45) is 0 Å². The minimum Gasteiger partial charge on any atom is -0.335 e. The van der Waals surface area contributed by atoms with Crippen LogP contribution in [0.3, 0.4) is 0 Å². The van der Waals surface area contributed by atoms with Gasteiger partial charge in [0.05, 0.1) is 11.9 Å². The van der Waals surface area contributed by atoms with Gasteiger partial charge in [-0.05, 0) is 18.2 Å². The maximum atomic E-state index is 13.0. The summed E-state index contributed by atoms with van der Waals surface area (Å²) in [6.45, 7) is -0.299. The van der Waals surface area contributed by atoms with Crippen LogP contribution in [0.4, 0.5) is 3.89 Å². The molecule has 28 heavy (non-hydrogen) atoms. The maximum absolute atomic E-state index is 13.0. The fraction of sp³-hybridized carbons (Fsp3) is 0.235. The Bertz CT molecular complexity index is 1070. The molecule has 0 bridgehead atoms. The molecular weight excluding hydrogens is 453 g/mol. The number of rotatable bonds is 4. The highest BCUT2D eigenvalue weighted by atomic mass is 79.9. The van der Waals surface area contributed by atoms with Crippen LogP contribution in [-0.2, 0) is 15.2 Å². The highest BCUT2D eigenvalue weighted by Gasteiger charge is 2.29. The molecule has 1 N–H and O–H groups in total. The number of nitriles is 1. The second-order valence-electron chi connectivity index (χ2n) is 6.01. The van der Waals surface area contributed by atoms with Crippen LogP contribution in [0.1, 0.15) is 5.56 Å². The summed E-state index contributed by atoms with van der Waals surface area (Å²) >= 11 is 3.39. The first kappa shape index (κ1) is 20.2. The van der Waals surface area contributed by atoms with Crippen molar-refractivity contribution < 1.29 is 17.1 Å². The van der Waals surface area contributed by atoms with Crippen LogP contribution in [0.2, 0.25) is 0 Å². The van der Waals surface area contributed by atoms with Crippen LogP contribution < -0.4 is 0 Å². The van der Waals surface area contributed by atoms with E-state index in [0.717, 1.165) is 10.0 Å². The fourth-order valence-corrected chi connectivity index (χ4v) is 3.86. The van der Waals surface area contributed by atoms with E-state index in [1.165, 1.54) is 17.2 Å². The van der Waals surface area contributed by atoms with Gasteiger partial charge in [0.15, 0.2) is 0 Å². The molecule has 1 amide bonds. The monoisotopic (exact) mass is 467 g/mol. The fourth-order valence-electron chi connectivity index (χ4n) is 2.86. The molecule has 146 valence electrons. The van der Waals surface area contributed by atoms with E-state index in [2.05, 4.69) is 26.1 Å². The Labute approximate surface area is 169 Å². The largest absolute Gasteiger partial charge is 0.374 e. The number of halogens is 2. The summed E-state index contributed by atoms with van der Waals surface area (Å²) in [6.07, 6.45) is 2.94. The topological polar surface area (TPSA) is 110 Å². The molecule has 11 heteroatoms. The molecule has 2 heterocycles. The summed E-state index contributed by atoms with van der Waals surface area (Å²) in [4.78, 5) is 14.0. The van der Waals surface area contributed by atoms with Crippen LogP contribution >= 0.6 is 15.9 Å². The lowest BCUT2D eigenvalue weighted by Gasteiger charge is -2.31. The Kier molecular flexibility index (Phi) is 5.93. The molecule has 1 saturated heterocycles. The highest BCUT2D eigenvalue weighted by molar-refractivity contribution is 9.10. The molecule has 8 nitrogen and oxygen atoms in total. The van der Waals surface area contributed by atoms with Gasteiger partial charge in [-0.2, -0.15) is 23.1 Å².